The molecule has 1 aromatic carbocycles. The van der Waals surface area contributed by atoms with Gasteiger partial charge in [0.05, 0.1) is 17.5 Å². The van der Waals surface area contributed by atoms with Gasteiger partial charge in [-0.25, -0.2) is 0 Å². The monoisotopic (exact) mass is 312 g/mol. The molecular weight excluding hydrogens is 296 g/mol. The fourth-order valence-corrected chi connectivity index (χ4v) is 2.05. The van der Waals surface area contributed by atoms with E-state index < -0.39 is 0 Å². The second-order valence-corrected chi connectivity index (χ2v) is 5.21. The lowest BCUT2D eigenvalue weighted by atomic mass is 10.0. The SMILES string of the molecule is O=C(CCOc1ccccc1Br)NCC1CNC1. The third kappa shape index (κ3) is 3.99. The van der Waals surface area contributed by atoms with E-state index in [0.717, 1.165) is 29.9 Å². The normalized spacial score (nSPS) is 14.9. The molecule has 2 rings (SSSR count). The lowest BCUT2D eigenvalue weighted by molar-refractivity contribution is -0.121. The zero-order valence-corrected chi connectivity index (χ0v) is 11.7. The van der Waals surface area contributed by atoms with Crippen LogP contribution >= 0.6 is 15.9 Å². The largest absolute Gasteiger partial charge is 0.492 e. The maximum Gasteiger partial charge on any atom is 0.223 e. The van der Waals surface area contributed by atoms with Crippen molar-refractivity contribution in [2.45, 2.75) is 6.42 Å². The molecule has 0 spiro atoms. The number of hydrogen-bond acceptors (Lipinski definition) is 3. The Balaban J connectivity index is 1.62. The number of benzene rings is 1. The summed E-state index contributed by atoms with van der Waals surface area (Å²) < 4.78 is 6.44. The number of carbonyl (C=O) groups excluding carboxylic acids is 1. The average molecular weight is 313 g/mol. The van der Waals surface area contributed by atoms with E-state index in [-0.39, 0.29) is 5.91 Å². The number of nitrogens with one attached hydrogen (secondary N) is 2. The molecule has 0 atom stereocenters. The number of rotatable bonds is 6. The topological polar surface area (TPSA) is 50.4 Å². The number of amides is 1. The summed E-state index contributed by atoms with van der Waals surface area (Å²) in [5, 5.41) is 6.09. The molecule has 1 aromatic rings. The first kappa shape index (κ1) is 13.4. The van der Waals surface area contributed by atoms with Crippen LogP contribution < -0.4 is 15.4 Å². The van der Waals surface area contributed by atoms with Gasteiger partial charge >= 0.3 is 0 Å². The van der Waals surface area contributed by atoms with E-state index in [4.69, 9.17) is 4.74 Å². The zero-order valence-electron chi connectivity index (χ0n) is 10.1. The molecule has 98 valence electrons. The zero-order chi connectivity index (χ0) is 12.8. The van der Waals surface area contributed by atoms with Crippen LogP contribution in [0.1, 0.15) is 6.42 Å². The minimum Gasteiger partial charge on any atom is -0.492 e. The fraction of sp³-hybridized carbons (Fsp3) is 0.462. The summed E-state index contributed by atoms with van der Waals surface area (Å²) in [6.07, 6.45) is 0.390. The third-order valence-electron chi connectivity index (χ3n) is 2.88. The summed E-state index contributed by atoms with van der Waals surface area (Å²) in [5.74, 6) is 1.42. The second kappa shape index (κ2) is 6.75. The van der Waals surface area contributed by atoms with Crippen molar-refractivity contribution in [3.63, 3.8) is 0 Å². The van der Waals surface area contributed by atoms with Crippen molar-refractivity contribution in [1.82, 2.24) is 10.6 Å². The van der Waals surface area contributed by atoms with Crippen molar-refractivity contribution in [1.29, 1.82) is 0 Å². The number of hydrogen-bond donors (Lipinski definition) is 2. The molecule has 0 aliphatic carbocycles. The minimum absolute atomic E-state index is 0.0500. The molecule has 0 unspecified atom stereocenters. The van der Waals surface area contributed by atoms with Crippen LogP contribution in [0.5, 0.6) is 5.75 Å². The van der Waals surface area contributed by atoms with Gasteiger partial charge in [-0.2, -0.15) is 0 Å². The predicted molar refractivity (Wildman–Crippen MR) is 73.6 cm³/mol. The molecule has 1 aliphatic rings. The molecule has 1 amide bonds. The van der Waals surface area contributed by atoms with E-state index >= 15 is 0 Å². The summed E-state index contributed by atoms with van der Waals surface area (Å²) in [6.45, 7) is 3.18. The standard InChI is InChI=1S/C13H17BrN2O2/c14-11-3-1-2-4-12(11)18-6-5-13(17)16-9-10-7-15-8-10/h1-4,10,15H,5-9H2,(H,16,17). The van der Waals surface area contributed by atoms with Gasteiger partial charge < -0.3 is 15.4 Å². The molecule has 0 aromatic heterocycles. The van der Waals surface area contributed by atoms with Gasteiger partial charge in [0.2, 0.25) is 5.91 Å². The van der Waals surface area contributed by atoms with E-state index in [0.29, 0.717) is 18.9 Å². The lowest BCUT2D eigenvalue weighted by Crippen LogP contribution is -2.48. The molecule has 0 bridgehead atoms. The van der Waals surface area contributed by atoms with Gasteiger partial charge in [0.1, 0.15) is 5.75 Å². The Hall–Kier alpha value is -1.07. The predicted octanol–water partition coefficient (Wildman–Crippen LogP) is 1.55. The van der Waals surface area contributed by atoms with Crippen LogP contribution in [0.2, 0.25) is 0 Å². The van der Waals surface area contributed by atoms with Crippen molar-refractivity contribution in [2.75, 3.05) is 26.2 Å². The lowest BCUT2D eigenvalue weighted by Gasteiger charge is -2.27. The first-order chi connectivity index (χ1) is 8.75. The molecule has 18 heavy (non-hydrogen) atoms. The van der Waals surface area contributed by atoms with Gasteiger partial charge in [0, 0.05) is 25.6 Å². The molecule has 2 N–H and O–H groups in total. The number of para-hydroxylation sites is 1. The quantitative estimate of drug-likeness (QED) is 0.838. The van der Waals surface area contributed by atoms with Gasteiger partial charge in [-0.3, -0.25) is 4.79 Å². The molecule has 1 aliphatic heterocycles. The molecule has 1 fully saturated rings. The van der Waals surface area contributed by atoms with Crippen molar-refractivity contribution in [2.24, 2.45) is 5.92 Å². The first-order valence-electron chi connectivity index (χ1n) is 6.10. The van der Waals surface area contributed by atoms with Crippen LogP contribution in [0.3, 0.4) is 0 Å². The minimum atomic E-state index is 0.0500. The maximum atomic E-state index is 11.5. The highest BCUT2D eigenvalue weighted by Gasteiger charge is 2.16. The Labute approximate surface area is 115 Å². The molecule has 4 nitrogen and oxygen atoms in total. The summed E-state index contributed by atoms with van der Waals surface area (Å²) >= 11 is 3.40. The van der Waals surface area contributed by atoms with Gasteiger partial charge in [-0.15, -0.1) is 0 Å². The smallest absolute Gasteiger partial charge is 0.223 e. The summed E-state index contributed by atoms with van der Waals surface area (Å²) in [6, 6.07) is 7.63. The highest BCUT2D eigenvalue weighted by Crippen LogP contribution is 2.23. The molecule has 0 radical (unpaired) electrons. The van der Waals surface area contributed by atoms with Gasteiger partial charge in [-0.05, 0) is 28.1 Å². The van der Waals surface area contributed by atoms with Crippen LogP contribution in [0.4, 0.5) is 0 Å². The molecular formula is C13H17BrN2O2. The van der Waals surface area contributed by atoms with Gasteiger partial charge in [0.25, 0.3) is 0 Å². The van der Waals surface area contributed by atoms with Gasteiger partial charge in [-0.1, -0.05) is 12.1 Å². The highest BCUT2D eigenvalue weighted by atomic mass is 79.9. The average Bonchev–Trinajstić information content (AvgIpc) is 2.30. The Bertz CT molecular complexity index is 408. The number of carbonyl (C=O) groups is 1. The molecule has 1 heterocycles. The van der Waals surface area contributed by atoms with E-state index in [1.165, 1.54) is 0 Å². The molecule has 1 saturated heterocycles. The Morgan fingerprint density at radius 3 is 2.89 bits per heavy atom. The second-order valence-electron chi connectivity index (χ2n) is 4.36. The van der Waals surface area contributed by atoms with Crippen LogP contribution in [0.15, 0.2) is 28.7 Å². The van der Waals surface area contributed by atoms with Gasteiger partial charge in [0.15, 0.2) is 0 Å². The Morgan fingerprint density at radius 2 is 2.22 bits per heavy atom. The van der Waals surface area contributed by atoms with Crippen LogP contribution in [0.25, 0.3) is 0 Å². The fourth-order valence-electron chi connectivity index (χ4n) is 1.65. The molecule has 0 saturated carbocycles. The van der Waals surface area contributed by atoms with Crippen molar-refractivity contribution < 1.29 is 9.53 Å². The van der Waals surface area contributed by atoms with E-state index in [9.17, 15) is 4.79 Å². The molecule has 5 heteroatoms. The first-order valence-corrected chi connectivity index (χ1v) is 6.90. The van der Waals surface area contributed by atoms with Crippen LogP contribution in [-0.2, 0) is 4.79 Å². The van der Waals surface area contributed by atoms with Crippen molar-refractivity contribution in [3.05, 3.63) is 28.7 Å². The summed E-state index contributed by atoms with van der Waals surface area (Å²) in [4.78, 5) is 11.5. The van der Waals surface area contributed by atoms with Crippen molar-refractivity contribution in [3.8, 4) is 5.75 Å². The Morgan fingerprint density at radius 1 is 1.44 bits per heavy atom. The number of ether oxygens (including phenoxy) is 1. The van der Waals surface area contributed by atoms with E-state index in [1.807, 2.05) is 24.3 Å². The third-order valence-corrected chi connectivity index (χ3v) is 3.53. The summed E-state index contributed by atoms with van der Waals surface area (Å²) in [5.41, 5.74) is 0. The Kier molecular flexibility index (Phi) is 5.01. The van der Waals surface area contributed by atoms with E-state index in [2.05, 4.69) is 26.6 Å². The van der Waals surface area contributed by atoms with Crippen molar-refractivity contribution >= 4 is 21.8 Å². The van der Waals surface area contributed by atoms with Crippen LogP contribution in [0, 0.1) is 5.92 Å². The number of halogens is 1. The van der Waals surface area contributed by atoms with Crippen LogP contribution in [-0.4, -0.2) is 32.1 Å². The van der Waals surface area contributed by atoms with E-state index in [1.54, 1.807) is 0 Å². The summed E-state index contributed by atoms with van der Waals surface area (Å²) in [7, 11) is 0. The highest BCUT2D eigenvalue weighted by molar-refractivity contribution is 9.10. The maximum absolute atomic E-state index is 11.5.